The first-order valence-electron chi connectivity index (χ1n) is 6.23. The summed E-state index contributed by atoms with van der Waals surface area (Å²) in [5.41, 5.74) is -3.35. The average Bonchev–Trinajstić information content (AvgIpc) is 3.02. The monoisotopic (exact) mass is 312 g/mol. The summed E-state index contributed by atoms with van der Waals surface area (Å²) >= 11 is 0. The first-order chi connectivity index (χ1) is 10.4. The van der Waals surface area contributed by atoms with Crippen molar-refractivity contribution in [2.45, 2.75) is 24.0 Å². The van der Waals surface area contributed by atoms with Crippen LogP contribution >= 0.6 is 0 Å². The molecule has 0 bridgehead atoms. The fourth-order valence-electron chi connectivity index (χ4n) is 2.52. The Morgan fingerprint density at radius 2 is 2.18 bits per heavy atom. The van der Waals surface area contributed by atoms with E-state index < -0.39 is 42.2 Å². The van der Waals surface area contributed by atoms with Crippen LogP contribution in [0, 0.1) is 0 Å². The molecule has 0 aliphatic carbocycles. The van der Waals surface area contributed by atoms with Crippen LogP contribution in [0.25, 0.3) is 11.2 Å². The Morgan fingerprint density at radius 3 is 2.77 bits per heavy atom. The van der Waals surface area contributed by atoms with Crippen molar-refractivity contribution in [1.82, 2.24) is 19.5 Å². The van der Waals surface area contributed by atoms with Crippen LogP contribution in [0.5, 0.6) is 0 Å². The lowest BCUT2D eigenvalue weighted by Gasteiger charge is -2.28. The van der Waals surface area contributed by atoms with Crippen LogP contribution in [0.15, 0.2) is 17.4 Å². The normalized spacial score (nSPS) is 31.7. The SMILES string of the molecule is O=C(O)[C@]1(n2cnc3c(=O)[nH]cnc32)O[C@H](CO)[C@@H](O)[C@H]1O. The maximum absolute atomic E-state index is 11.7. The third-order valence-corrected chi connectivity index (χ3v) is 3.62. The fourth-order valence-corrected chi connectivity index (χ4v) is 2.52. The molecule has 1 fully saturated rings. The third kappa shape index (κ3) is 1.70. The van der Waals surface area contributed by atoms with Gasteiger partial charge in [0.05, 0.1) is 12.9 Å². The van der Waals surface area contributed by atoms with Crippen LogP contribution in [-0.4, -0.2) is 70.8 Å². The molecule has 3 rings (SSSR count). The van der Waals surface area contributed by atoms with Crippen LogP contribution < -0.4 is 5.56 Å². The first kappa shape index (κ1) is 14.6. The van der Waals surface area contributed by atoms with E-state index in [1.807, 2.05) is 0 Å². The van der Waals surface area contributed by atoms with E-state index >= 15 is 0 Å². The zero-order valence-electron chi connectivity index (χ0n) is 10.9. The van der Waals surface area contributed by atoms with Gasteiger partial charge < -0.3 is 30.1 Å². The lowest BCUT2D eigenvalue weighted by Crippen LogP contribution is -2.51. The molecule has 11 heteroatoms. The third-order valence-electron chi connectivity index (χ3n) is 3.62. The second-order valence-corrected chi connectivity index (χ2v) is 4.79. The number of nitrogens with zero attached hydrogens (tertiary/aromatic N) is 3. The Labute approximate surface area is 121 Å². The van der Waals surface area contributed by atoms with Crippen molar-refractivity contribution in [2.75, 3.05) is 6.61 Å². The van der Waals surface area contributed by atoms with Crippen molar-refractivity contribution in [1.29, 1.82) is 0 Å². The van der Waals surface area contributed by atoms with Crippen molar-refractivity contribution >= 4 is 17.1 Å². The van der Waals surface area contributed by atoms with Gasteiger partial charge in [-0.05, 0) is 0 Å². The number of aromatic nitrogens is 4. The Hall–Kier alpha value is -2.34. The molecule has 1 aliphatic rings. The number of carbonyl (C=O) groups is 1. The molecule has 5 N–H and O–H groups in total. The maximum atomic E-state index is 11.7. The number of H-pyrrole nitrogens is 1. The zero-order valence-corrected chi connectivity index (χ0v) is 10.9. The number of hydrogen-bond donors (Lipinski definition) is 5. The predicted molar refractivity (Wildman–Crippen MR) is 67.7 cm³/mol. The molecule has 22 heavy (non-hydrogen) atoms. The van der Waals surface area contributed by atoms with E-state index in [1.165, 1.54) is 0 Å². The van der Waals surface area contributed by atoms with E-state index in [-0.39, 0.29) is 11.2 Å². The van der Waals surface area contributed by atoms with Gasteiger partial charge in [0, 0.05) is 0 Å². The van der Waals surface area contributed by atoms with Crippen LogP contribution in [0.2, 0.25) is 0 Å². The molecule has 11 nitrogen and oxygen atoms in total. The summed E-state index contributed by atoms with van der Waals surface area (Å²) < 4.78 is 6.05. The Morgan fingerprint density at radius 1 is 1.45 bits per heavy atom. The van der Waals surface area contributed by atoms with Crippen molar-refractivity contribution in [3.63, 3.8) is 0 Å². The second-order valence-electron chi connectivity index (χ2n) is 4.79. The summed E-state index contributed by atoms with van der Waals surface area (Å²) in [6.45, 7) is -0.700. The molecule has 0 amide bonds. The number of carboxylic acids is 1. The van der Waals surface area contributed by atoms with Gasteiger partial charge in [0.25, 0.3) is 11.3 Å². The highest BCUT2D eigenvalue weighted by Gasteiger charge is 2.61. The van der Waals surface area contributed by atoms with Gasteiger partial charge in [0.15, 0.2) is 11.2 Å². The number of fused-ring (bicyclic) bond motifs is 1. The summed E-state index contributed by atoms with van der Waals surface area (Å²) in [6, 6.07) is 0. The molecular weight excluding hydrogens is 300 g/mol. The van der Waals surface area contributed by atoms with Crippen molar-refractivity contribution in [3.05, 3.63) is 23.0 Å². The lowest BCUT2D eigenvalue weighted by atomic mass is 10.0. The quantitative estimate of drug-likeness (QED) is 0.395. The highest BCUT2D eigenvalue weighted by atomic mass is 16.6. The number of imidazole rings is 1. The second kappa shape index (κ2) is 4.84. The number of ether oxygens (including phenoxy) is 1. The minimum absolute atomic E-state index is 0.143. The molecule has 1 saturated heterocycles. The maximum Gasteiger partial charge on any atom is 0.361 e. The van der Waals surface area contributed by atoms with Gasteiger partial charge >= 0.3 is 5.97 Å². The Bertz CT molecular complexity index is 786. The van der Waals surface area contributed by atoms with Gasteiger partial charge in [0.2, 0.25) is 0 Å². The minimum Gasteiger partial charge on any atom is -0.478 e. The number of carboxylic acid groups (broad SMARTS) is 1. The minimum atomic E-state index is -2.46. The van der Waals surface area contributed by atoms with Crippen molar-refractivity contribution in [2.24, 2.45) is 0 Å². The molecule has 0 radical (unpaired) electrons. The average molecular weight is 312 g/mol. The van der Waals surface area contributed by atoms with Gasteiger partial charge in [0.1, 0.15) is 24.6 Å². The number of aliphatic carboxylic acids is 1. The van der Waals surface area contributed by atoms with Crippen molar-refractivity contribution in [3.8, 4) is 0 Å². The number of aliphatic hydroxyl groups excluding tert-OH is 3. The number of rotatable bonds is 3. The van der Waals surface area contributed by atoms with Crippen LogP contribution in [0.3, 0.4) is 0 Å². The number of aromatic amines is 1. The van der Waals surface area contributed by atoms with Gasteiger partial charge in [-0.25, -0.2) is 14.8 Å². The van der Waals surface area contributed by atoms with Crippen LogP contribution in [0.1, 0.15) is 0 Å². The molecule has 118 valence electrons. The summed E-state index contributed by atoms with van der Waals surface area (Å²) in [6.07, 6.45) is -2.84. The summed E-state index contributed by atoms with van der Waals surface area (Å²) in [4.78, 5) is 33.2. The fraction of sp³-hybridized carbons (Fsp3) is 0.455. The van der Waals surface area contributed by atoms with Gasteiger partial charge in [-0.2, -0.15) is 0 Å². The lowest BCUT2D eigenvalue weighted by molar-refractivity contribution is -0.194. The number of nitrogens with one attached hydrogen (secondary N) is 1. The largest absolute Gasteiger partial charge is 0.478 e. The van der Waals surface area contributed by atoms with E-state index in [1.54, 1.807) is 0 Å². The molecule has 2 aromatic rings. The Kier molecular flexibility index (Phi) is 3.21. The van der Waals surface area contributed by atoms with Crippen LogP contribution in [-0.2, 0) is 15.3 Å². The summed E-state index contributed by atoms with van der Waals surface area (Å²) in [7, 11) is 0. The number of hydrogen-bond acceptors (Lipinski definition) is 8. The standard InChI is InChI=1S/C11H12N4O7/c16-1-4-6(17)7(18)11(22-4,10(20)21)15-3-14-5-8(15)12-2-13-9(5)19/h2-4,6-7,16-18H,1H2,(H,20,21)(H,12,13,19)/t4-,6-,7-,11-/m1/s1. The van der Waals surface area contributed by atoms with E-state index in [9.17, 15) is 24.9 Å². The highest BCUT2D eigenvalue weighted by molar-refractivity contribution is 5.80. The summed E-state index contributed by atoms with van der Waals surface area (Å²) in [5, 5.41) is 38.7. The number of aliphatic hydroxyl groups is 3. The van der Waals surface area contributed by atoms with E-state index in [2.05, 4.69) is 15.0 Å². The molecule has 0 aromatic carbocycles. The van der Waals surface area contributed by atoms with Gasteiger partial charge in [-0.3, -0.25) is 9.36 Å². The molecule has 1 aliphatic heterocycles. The smallest absolute Gasteiger partial charge is 0.361 e. The predicted octanol–water partition coefficient (Wildman–Crippen LogP) is -3.03. The molecule has 0 saturated carbocycles. The zero-order chi connectivity index (χ0) is 16.1. The molecule has 3 heterocycles. The van der Waals surface area contributed by atoms with E-state index in [4.69, 9.17) is 9.84 Å². The van der Waals surface area contributed by atoms with E-state index in [0.29, 0.717) is 0 Å². The molecule has 0 spiro atoms. The molecule has 4 atom stereocenters. The molecule has 2 aromatic heterocycles. The topological polar surface area (TPSA) is 171 Å². The van der Waals surface area contributed by atoms with E-state index in [0.717, 1.165) is 17.2 Å². The van der Waals surface area contributed by atoms with Gasteiger partial charge in [-0.15, -0.1) is 0 Å². The Balaban J connectivity index is 2.26. The van der Waals surface area contributed by atoms with Gasteiger partial charge in [-0.1, -0.05) is 0 Å². The summed E-state index contributed by atoms with van der Waals surface area (Å²) in [5.74, 6) is -1.63. The first-order valence-corrected chi connectivity index (χ1v) is 6.23. The van der Waals surface area contributed by atoms with Crippen molar-refractivity contribution < 1.29 is 30.0 Å². The molecule has 0 unspecified atom stereocenters. The highest BCUT2D eigenvalue weighted by Crippen LogP contribution is 2.37. The molecular formula is C11H12N4O7. The van der Waals surface area contributed by atoms with Crippen LogP contribution in [0.4, 0.5) is 0 Å².